The van der Waals surface area contributed by atoms with Crippen LogP contribution in [-0.4, -0.2) is 32.1 Å². The predicted molar refractivity (Wildman–Crippen MR) is 116 cm³/mol. The third-order valence-corrected chi connectivity index (χ3v) is 4.41. The first-order chi connectivity index (χ1) is 14.6. The van der Waals surface area contributed by atoms with Gasteiger partial charge in [-0.05, 0) is 60.5 Å². The fourth-order valence-electron chi connectivity index (χ4n) is 2.77. The van der Waals surface area contributed by atoms with Crippen molar-refractivity contribution in [3.8, 4) is 11.5 Å². The van der Waals surface area contributed by atoms with Crippen LogP contribution in [0.4, 0.5) is 5.69 Å². The number of benzene rings is 3. The third kappa shape index (κ3) is 6.38. The minimum absolute atomic E-state index is 0.0711. The number of anilines is 1. The Hall–Kier alpha value is -3.80. The lowest BCUT2D eigenvalue weighted by molar-refractivity contribution is -0.123. The molecule has 0 spiro atoms. The summed E-state index contributed by atoms with van der Waals surface area (Å²) in [4.78, 5) is 24.1. The Labute approximate surface area is 175 Å². The molecule has 3 aromatic rings. The van der Waals surface area contributed by atoms with Gasteiger partial charge in [0.2, 0.25) is 0 Å². The molecule has 0 aliphatic heterocycles. The first-order valence-corrected chi connectivity index (χ1v) is 9.63. The molecule has 0 unspecified atom stereocenters. The van der Waals surface area contributed by atoms with Gasteiger partial charge in [-0.2, -0.15) is 0 Å². The predicted octanol–water partition coefficient (Wildman–Crippen LogP) is 3.69. The van der Waals surface area contributed by atoms with E-state index < -0.39 is 0 Å². The van der Waals surface area contributed by atoms with Gasteiger partial charge in [-0.3, -0.25) is 9.59 Å². The molecule has 0 fully saturated rings. The van der Waals surface area contributed by atoms with Gasteiger partial charge in [-0.25, -0.2) is 0 Å². The van der Waals surface area contributed by atoms with Crippen molar-refractivity contribution in [2.75, 3.05) is 25.6 Å². The number of hydrogen-bond acceptors (Lipinski definition) is 4. The lowest BCUT2D eigenvalue weighted by atomic mass is 10.1. The van der Waals surface area contributed by atoms with Crippen LogP contribution >= 0.6 is 0 Å². The normalized spacial score (nSPS) is 10.2. The number of rotatable bonds is 9. The second kappa shape index (κ2) is 10.7. The summed E-state index contributed by atoms with van der Waals surface area (Å²) < 4.78 is 10.6. The zero-order valence-corrected chi connectivity index (χ0v) is 16.8. The molecule has 0 aliphatic carbocycles. The Balaban J connectivity index is 1.38. The zero-order chi connectivity index (χ0) is 21.2. The molecule has 0 saturated carbocycles. The number of hydrogen-bond donors (Lipinski definition) is 2. The molecule has 0 aromatic heterocycles. The number of amides is 2. The van der Waals surface area contributed by atoms with Crippen LogP contribution in [0.25, 0.3) is 0 Å². The molecular formula is C24H24N2O4. The molecular weight excluding hydrogens is 380 g/mol. The maximum absolute atomic E-state index is 12.1. The van der Waals surface area contributed by atoms with E-state index in [0.29, 0.717) is 23.5 Å². The summed E-state index contributed by atoms with van der Waals surface area (Å²) >= 11 is 0. The highest BCUT2D eigenvalue weighted by Crippen LogP contribution is 2.16. The van der Waals surface area contributed by atoms with Crippen molar-refractivity contribution in [3.05, 3.63) is 90.0 Å². The Morgan fingerprint density at radius 2 is 1.50 bits per heavy atom. The Kier molecular flexibility index (Phi) is 7.44. The molecule has 0 saturated heterocycles. The molecule has 6 nitrogen and oxygen atoms in total. The maximum Gasteiger partial charge on any atom is 0.257 e. The monoisotopic (exact) mass is 404 g/mol. The van der Waals surface area contributed by atoms with Crippen molar-refractivity contribution in [1.82, 2.24) is 5.32 Å². The molecule has 0 atom stereocenters. The SMILES string of the molecule is COc1ccc(CCNC(=O)COc2ccc(NC(=O)c3ccccc3)cc2)cc1. The average molecular weight is 404 g/mol. The highest BCUT2D eigenvalue weighted by Gasteiger charge is 2.06. The average Bonchev–Trinajstić information content (AvgIpc) is 2.79. The molecule has 30 heavy (non-hydrogen) atoms. The highest BCUT2D eigenvalue weighted by molar-refractivity contribution is 6.04. The molecule has 0 bridgehead atoms. The summed E-state index contributed by atoms with van der Waals surface area (Å²) in [6.07, 6.45) is 0.728. The number of methoxy groups -OCH3 is 1. The maximum atomic E-state index is 12.1. The Bertz CT molecular complexity index is 955. The smallest absolute Gasteiger partial charge is 0.257 e. The van der Waals surface area contributed by atoms with Crippen LogP contribution in [0.15, 0.2) is 78.9 Å². The van der Waals surface area contributed by atoms with E-state index in [-0.39, 0.29) is 18.4 Å². The van der Waals surface area contributed by atoms with Gasteiger partial charge in [0.25, 0.3) is 11.8 Å². The van der Waals surface area contributed by atoms with Crippen LogP contribution in [0.1, 0.15) is 15.9 Å². The summed E-state index contributed by atoms with van der Waals surface area (Å²) in [7, 11) is 1.63. The third-order valence-electron chi connectivity index (χ3n) is 4.41. The molecule has 3 aromatic carbocycles. The summed E-state index contributed by atoms with van der Waals surface area (Å²) in [6.45, 7) is 0.456. The van der Waals surface area contributed by atoms with E-state index in [9.17, 15) is 9.59 Å². The van der Waals surface area contributed by atoms with Crippen LogP contribution < -0.4 is 20.1 Å². The van der Waals surface area contributed by atoms with E-state index in [1.165, 1.54) is 0 Å². The van der Waals surface area contributed by atoms with Crippen molar-refractivity contribution in [3.63, 3.8) is 0 Å². The molecule has 0 heterocycles. The van der Waals surface area contributed by atoms with Crippen LogP contribution in [0.3, 0.4) is 0 Å². The fourth-order valence-corrected chi connectivity index (χ4v) is 2.77. The van der Waals surface area contributed by atoms with Gasteiger partial charge in [-0.1, -0.05) is 30.3 Å². The molecule has 0 aliphatic rings. The van der Waals surface area contributed by atoms with Crippen LogP contribution in [0, 0.1) is 0 Å². The molecule has 154 valence electrons. The summed E-state index contributed by atoms with van der Waals surface area (Å²) in [6, 6.07) is 23.6. The van der Waals surface area contributed by atoms with Gasteiger partial charge in [0.1, 0.15) is 11.5 Å². The molecule has 2 N–H and O–H groups in total. The van der Waals surface area contributed by atoms with Crippen LogP contribution in [0.2, 0.25) is 0 Å². The summed E-state index contributed by atoms with van der Waals surface area (Å²) in [5.74, 6) is 0.991. The largest absolute Gasteiger partial charge is 0.497 e. The number of ether oxygens (including phenoxy) is 2. The second-order valence-electron chi connectivity index (χ2n) is 6.58. The van der Waals surface area contributed by atoms with E-state index in [2.05, 4.69) is 10.6 Å². The minimum Gasteiger partial charge on any atom is -0.497 e. The van der Waals surface area contributed by atoms with Gasteiger partial charge in [0.15, 0.2) is 6.61 Å². The molecule has 0 radical (unpaired) electrons. The van der Waals surface area contributed by atoms with E-state index >= 15 is 0 Å². The van der Waals surface area contributed by atoms with E-state index in [0.717, 1.165) is 17.7 Å². The topological polar surface area (TPSA) is 76.7 Å². The number of carbonyl (C=O) groups excluding carboxylic acids is 2. The van der Waals surface area contributed by atoms with Crippen molar-refractivity contribution in [1.29, 1.82) is 0 Å². The van der Waals surface area contributed by atoms with Crippen molar-refractivity contribution < 1.29 is 19.1 Å². The van der Waals surface area contributed by atoms with Gasteiger partial charge >= 0.3 is 0 Å². The first-order valence-electron chi connectivity index (χ1n) is 9.63. The van der Waals surface area contributed by atoms with Gasteiger partial charge in [0.05, 0.1) is 7.11 Å². The van der Waals surface area contributed by atoms with Crippen molar-refractivity contribution >= 4 is 17.5 Å². The van der Waals surface area contributed by atoms with Gasteiger partial charge < -0.3 is 20.1 Å². The van der Waals surface area contributed by atoms with Crippen molar-refractivity contribution in [2.24, 2.45) is 0 Å². The molecule has 2 amide bonds. The lowest BCUT2D eigenvalue weighted by Gasteiger charge is -2.09. The van der Waals surface area contributed by atoms with Gasteiger partial charge in [-0.15, -0.1) is 0 Å². The summed E-state index contributed by atoms with van der Waals surface area (Å²) in [5.41, 5.74) is 2.36. The van der Waals surface area contributed by atoms with E-state index in [1.54, 1.807) is 43.5 Å². The summed E-state index contributed by atoms with van der Waals surface area (Å²) in [5, 5.41) is 5.65. The quantitative estimate of drug-likeness (QED) is 0.570. The lowest BCUT2D eigenvalue weighted by Crippen LogP contribution is -2.30. The minimum atomic E-state index is -0.190. The zero-order valence-electron chi connectivity index (χ0n) is 16.8. The van der Waals surface area contributed by atoms with E-state index in [4.69, 9.17) is 9.47 Å². The fraction of sp³-hybridized carbons (Fsp3) is 0.167. The van der Waals surface area contributed by atoms with E-state index in [1.807, 2.05) is 42.5 Å². The highest BCUT2D eigenvalue weighted by atomic mass is 16.5. The number of carbonyl (C=O) groups is 2. The Morgan fingerprint density at radius 3 is 2.17 bits per heavy atom. The standard InChI is InChI=1S/C24H24N2O4/c1-29-21-11-7-18(8-12-21)15-16-25-23(27)17-30-22-13-9-20(10-14-22)26-24(28)19-5-3-2-4-6-19/h2-14H,15-17H2,1H3,(H,25,27)(H,26,28). The first kappa shape index (κ1) is 20.9. The van der Waals surface area contributed by atoms with Crippen molar-refractivity contribution in [2.45, 2.75) is 6.42 Å². The van der Waals surface area contributed by atoms with Crippen LogP contribution in [0.5, 0.6) is 11.5 Å². The Morgan fingerprint density at radius 1 is 0.833 bits per heavy atom. The van der Waals surface area contributed by atoms with Crippen LogP contribution in [-0.2, 0) is 11.2 Å². The molecule has 3 rings (SSSR count). The van der Waals surface area contributed by atoms with Gasteiger partial charge in [0, 0.05) is 17.8 Å². The second-order valence-corrected chi connectivity index (χ2v) is 6.58. The molecule has 6 heteroatoms. The number of nitrogens with one attached hydrogen (secondary N) is 2.